The quantitative estimate of drug-likeness (QED) is 0.758. The van der Waals surface area contributed by atoms with E-state index in [9.17, 15) is 0 Å². The number of rotatable bonds is 8. The lowest BCUT2D eigenvalue weighted by molar-refractivity contribution is 0.0117. The van der Waals surface area contributed by atoms with Crippen LogP contribution < -0.4 is 5.32 Å². The number of methoxy groups -OCH3 is 1. The van der Waals surface area contributed by atoms with Gasteiger partial charge in [-0.2, -0.15) is 0 Å². The van der Waals surface area contributed by atoms with Crippen molar-refractivity contribution in [3.05, 3.63) is 22.4 Å². The predicted molar refractivity (Wildman–Crippen MR) is 75.7 cm³/mol. The van der Waals surface area contributed by atoms with Crippen molar-refractivity contribution in [2.45, 2.75) is 51.7 Å². The van der Waals surface area contributed by atoms with E-state index in [1.165, 1.54) is 11.3 Å². The first-order chi connectivity index (χ1) is 8.09. The average Bonchev–Trinajstić information content (AvgIpc) is 2.83. The van der Waals surface area contributed by atoms with Crippen LogP contribution in [0.4, 0.5) is 0 Å². The highest BCUT2D eigenvalue weighted by Crippen LogP contribution is 2.27. The number of ether oxygens (including phenoxy) is 1. The number of thiophene rings is 1. The Bertz CT molecular complexity index is 295. The Morgan fingerprint density at radius 3 is 2.76 bits per heavy atom. The lowest BCUT2D eigenvalue weighted by Crippen LogP contribution is -2.27. The molecule has 0 aliphatic rings. The lowest BCUT2D eigenvalue weighted by Gasteiger charge is -2.26. The largest absolute Gasteiger partial charge is 0.379 e. The van der Waals surface area contributed by atoms with E-state index >= 15 is 0 Å². The third kappa shape index (κ3) is 5.19. The van der Waals surface area contributed by atoms with E-state index in [2.05, 4.69) is 43.6 Å². The third-order valence-corrected chi connectivity index (χ3v) is 4.10. The molecule has 0 radical (unpaired) electrons. The molecular formula is C14H25NOS. The zero-order valence-corrected chi connectivity index (χ0v) is 12.3. The second kappa shape index (κ2) is 7.14. The second-order valence-corrected chi connectivity index (χ2v) is 6.00. The smallest absolute Gasteiger partial charge is 0.0623 e. The van der Waals surface area contributed by atoms with E-state index in [4.69, 9.17) is 4.74 Å². The van der Waals surface area contributed by atoms with Crippen molar-refractivity contribution in [3.8, 4) is 0 Å². The van der Waals surface area contributed by atoms with Crippen LogP contribution in [-0.4, -0.2) is 19.3 Å². The van der Waals surface area contributed by atoms with Crippen LogP contribution in [0.3, 0.4) is 0 Å². The number of hydrogen-bond donors (Lipinski definition) is 1. The van der Waals surface area contributed by atoms with Gasteiger partial charge < -0.3 is 10.1 Å². The molecule has 1 N–H and O–H groups in total. The molecule has 1 unspecified atom stereocenters. The maximum Gasteiger partial charge on any atom is 0.0623 e. The summed E-state index contributed by atoms with van der Waals surface area (Å²) < 4.78 is 5.49. The summed E-state index contributed by atoms with van der Waals surface area (Å²) in [5, 5.41) is 5.77. The SMILES string of the molecule is CCCNC(CCC(C)(C)OC)c1cccs1. The molecule has 17 heavy (non-hydrogen) atoms. The van der Waals surface area contributed by atoms with E-state index in [-0.39, 0.29) is 5.60 Å². The minimum atomic E-state index is -0.0244. The molecule has 2 nitrogen and oxygen atoms in total. The predicted octanol–water partition coefficient (Wildman–Crippen LogP) is 3.99. The summed E-state index contributed by atoms with van der Waals surface area (Å²) in [7, 11) is 1.79. The molecule has 0 amide bonds. The van der Waals surface area contributed by atoms with Crippen LogP contribution in [0.2, 0.25) is 0 Å². The monoisotopic (exact) mass is 255 g/mol. The summed E-state index contributed by atoms with van der Waals surface area (Å²) in [4.78, 5) is 1.44. The summed E-state index contributed by atoms with van der Waals surface area (Å²) in [5.74, 6) is 0. The molecule has 0 fully saturated rings. The van der Waals surface area contributed by atoms with Crippen molar-refractivity contribution in [1.82, 2.24) is 5.32 Å². The first kappa shape index (κ1) is 14.7. The summed E-state index contributed by atoms with van der Waals surface area (Å²) in [6, 6.07) is 4.82. The van der Waals surface area contributed by atoms with Crippen LogP contribution in [0.15, 0.2) is 17.5 Å². The van der Waals surface area contributed by atoms with Crippen molar-refractivity contribution in [2.75, 3.05) is 13.7 Å². The Balaban J connectivity index is 2.53. The van der Waals surface area contributed by atoms with Gasteiger partial charge in [0.15, 0.2) is 0 Å². The zero-order chi connectivity index (χ0) is 12.7. The van der Waals surface area contributed by atoms with E-state index < -0.39 is 0 Å². The van der Waals surface area contributed by atoms with Crippen molar-refractivity contribution in [2.24, 2.45) is 0 Å². The van der Waals surface area contributed by atoms with Crippen LogP contribution in [0.1, 0.15) is 51.0 Å². The maximum atomic E-state index is 5.49. The maximum absolute atomic E-state index is 5.49. The summed E-state index contributed by atoms with van der Waals surface area (Å²) in [6.45, 7) is 7.59. The van der Waals surface area contributed by atoms with Crippen molar-refractivity contribution >= 4 is 11.3 Å². The fourth-order valence-corrected chi connectivity index (χ4v) is 2.58. The molecule has 1 rings (SSSR count). The van der Waals surface area contributed by atoms with Gasteiger partial charge in [-0.05, 0) is 51.1 Å². The van der Waals surface area contributed by atoms with Crippen LogP contribution in [0.25, 0.3) is 0 Å². The van der Waals surface area contributed by atoms with Gasteiger partial charge in [-0.1, -0.05) is 13.0 Å². The fraction of sp³-hybridized carbons (Fsp3) is 0.714. The molecule has 98 valence electrons. The highest BCUT2D eigenvalue weighted by atomic mass is 32.1. The molecule has 1 atom stereocenters. The first-order valence-electron chi connectivity index (χ1n) is 6.41. The molecule has 0 aliphatic carbocycles. The van der Waals surface area contributed by atoms with E-state index in [1.54, 1.807) is 7.11 Å². The van der Waals surface area contributed by atoms with Gasteiger partial charge in [0.05, 0.1) is 5.60 Å². The van der Waals surface area contributed by atoms with Gasteiger partial charge in [-0.15, -0.1) is 11.3 Å². The van der Waals surface area contributed by atoms with Crippen molar-refractivity contribution < 1.29 is 4.74 Å². The summed E-state index contributed by atoms with van der Waals surface area (Å²) in [5.41, 5.74) is -0.0244. The minimum Gasteiger partial charge on any atom is -0.379 e. The Morgan fingerprint density at radius 1 is 1.47 bits per heavy atom. The topological polar surface area (TPSA) is 21.3 Å². The molecule has 0 saturated heterocycles. The molecule has 0 bridgehead atoms. The van der Waals surface area contributed by atoms with Gasteiger partial charge in [0.25, 0.3) is 0 Å². The van der Waals surface area contributed by atoms with Crippen LogP contribution in [-0.2, 0) is 4.74 Å². The highest BCUT2D eigenvalue weighted by molar-refractivity contribution is 7.10. The van der Waals surface area contributed by atoms with Crippen LogP contribution >= 0.6 is 11.3 Å². The lowest BCUT2D eigenvalue weighted by atomic mass is 9.98. The van der Waals surface area contributed by atoms with Gasteiger partial charge in [0.1, 0.15) is 0 Å². The summed E-state index contributed by atoms with van der Waals surface area (Å²) in [6.07, 6.45) is 3.37. The van der Waals surface area contributed by atoms with Gasteiger partial charge in [-0.3, -0.25) is 0 Å². The van der Waals surface area contributed by atoms with E-state index in [0.717, 1.165) is 19.4 Å². The van der Waals surface area contributed by atoms with Gasteiger partial charge in [-0.25, -0.2) is 0 Å². The Labute approximate surface area is 109 Å². The molecule has 1 aromatic rings. The third-order valence-electron chi connectivity index (χ3n) is 3.12. The normalized spacial score (nSPS) is 13.9. The Morgan fingerprint density at radius 2 is 2.24 bits per heavy atom. The Kier molecular flexibility index (Phi) is 6.17. The van der Waals surface area contributed by atoms with E-state index in [1.807, 2.05) is 11.3 Å². The van der Waals surface area contributed by atoms with Crippen molar-refractivity contribution in [1.29, 1.82) is 0 Å². The standard InChI is InChI=1S/C14H25NOS/c1-5-10-15-12(13-7-6-11-17-13)8-9-14(2,3)16-4/h6-7,11-12,15H,5,8-10H2,1-4H3. The Hall–Kier alpha value is -0.380. The van der Waals surface area contributed by atoms with Crippen molar-refractivity contribution in [3.63, 3.8) is 0 Å². The van der Waals surface area contributed by atoms with Gasteiger partial charge >= 0.3 is 0 Å². The molecule has 1 aromatic heterocycles. The molecule has 0 saturated carbocycles. The zero-order valence-electron chi connectivity index (χ0n) is 11.5. The molecule has 0 aromatic carbocycles. The number of hydrogen-bond acceptors (Lipinski definition) is 3. The average molecular weight is 255 g/mol. The molecule has 0 spiro atoms. The fourth-order valence-electron chi connectivity index (χ4n) is 1.75. The van der Waals surface area contributed by atoms with E-state index in [0.29, 0.717) is 6.04 Å². The van der Waals surface area contributed by atoms with Crippen LogP contribution in [0.5, 0.6) is 0 Å². The molecule has 0 aliphatic heterocycles. The van der Waals surface area contributed by atoms with Gasteiger partial charge in [0, 0.05) is 18.0 Å². The van der Waals surface area contributed by atoms with Crippen LogP contribution in [0, 0.1) is 0 Å². The molecule has 1 heterocycles. The second-order valence-electron chi connectivity index (χ2n) is 5.02. The summed E-state index contributed by atoms with van der Waals surface area (Å²) >= 11 is 1.84. The highest BCUT2D eigenvalue weighted by Gasteiger charge is 2.20. The molecule has 3 heteroatoms. The number of nitrogens with one attached hydrogen (secondary N) is 1. The van der Waals surface area contributed by atoms with Gasteiger partial charge in [0.2, 0.25) is 0 Å². The first-order valence-corrected chi connectivity index (χ1v) is 7.29. The minimum absolute atomic E-state index is 0.0244. The molecular weight excluding hydrogens is 230 g/mol.